The Hall–Kier alpha value is -3.56. The fourth-order valence-corrected chi connectivity index (χ4v) is 4.08. The first-order valence-electron chi connectivity index (χ1n) is 11.4. The maximum atomic E-state index is 14.9. The predicted molar refractivity (Wildman–Crippen MR) is 129 cm³/mol. The van der Waals surface area contributed by atoms with E-state index in [9.17, 15) is 13.2 Å². The summed E-state index contributed by atoms with van der Waals surface area (Å²) in [6.45, 7) is 6.87. The zero-order valence-corrected chi connectivity index (χ0v) is 19.5. The lowest BCUT2D eigenvalue weighted by atomic mass is 9.96. The lowest BCUT2D eigenvalue weighted by Crippen LogP contribution is -2.36. The van der Waals surface area contributed by atoms with Gasteiger partial charge in [0.05, 0.1) is 42.9 Å². The number of benzene rings is 2. The molecule has 2 N–H and O–H groups in total. The number of hydrogen-bond acceptors (Lipinski definition) is 6. The minimum absolute atomic E-state index is 0.171. The van der Waals surface area contributed by atoms with Gasteiger partial charge < -0.3 is 15.4 Å². The van der Waals surface area contributed by atoms with Gasteiger partial charge in [-0.2, -0.15) is 0 Å². The van der Waals surface area contributed by atoms with E-state index < -0.39 is 23.5 Å². The number of fused-ring (bicyclic) bond motifs is 1. The summed E-state index contributed by atoms with van der Waals surface area (Å²) in [7, 11) is 0. The van der Waals surface area contributed by atoms with Gasteiger partial charge in [-0.05, 0) is 35.9 Å². The van der Waals surface area contributed by atoms with Crippen LogP contribution in [0, 0.1) is 17.5 Å². The van der Waals surface area contributed by atoms with Crippen LogP contribution in [0.1, 0.15) is 31.0 Å². The van der Waals surface area contributed by atoms with Gasteiger partial charge >= 0.3 is 0 Å². The average Bonchev–Trinajstić information content (AvgIpc) is 2.90. The maximum Gasteiger partial charge on any atom is 0.149 e. The molecule has 35 heavy (non-hydrogen) atoms. The highest BCUT2D eigenvalue weighted by atomic mass is 19.1. The minimum Gasteiger partial charge on any atom is -0.378 e. The van der Waals surface area contributed by atoms with Crippen LogP contribution in [-0.4, -0.2) is 41.3 Å². The molecule has 1 aliphatic rings. The van der Waals surface area contributed by atoms with Crippen molar-refractivity contribution in [1.29, 1.82) is 0 Å². The van der Waals surface area contributed by atoms with Crippen LogP contribution in [0.15, 0.2) is 55.1 Å². The van der Waals surface area contributed by atoms with Crippen LogP contribution in [-0.2, 0) is 4.74 Å². The standard InChI is InChI=1S/C24H20F3N5O.C2H6/c25-18-4-1-14(23(28)22-19(26)11-29-12-20(22)27)9-17(18)24-16-3-2-15(10-21(16)30-13-31-24)32-5-7-33-8-6-32;1-2/h1-4,9-13,23H,5-8,28H2;1-2H3. The van der Waals surface area contributed by atoms with Gasteiger partial charge in [-0.25, -0.2) is 23.1 Å². The van der Waals surface area contributed by atoms with Crippen LogP contribution in [0.4, 0.5) is 18.9 Å². The summed E-state index contributed by atoms with van der Waals surface area (Å²) in [6.07, 6.45) is 3.16. The molecule has 0 bridgehead atoms. The zero-order chi connectivity index (χ0) is 24.9. The molecule has 1 aliphatic heterocycles. The maximum absolute atomic E-state index is 14.9. The van der Waals surface area contributed by atoms with Crippen molar-refractivity contribution in [3.8, 4) is 11.3 Å². The van der Waals surface area contributed by atoms with Crippen LogP contribution < -0.4 is 10.6 Å². The number of pyridine rings is 1. The highest BCUT2D eigenvalue weighted by molar-refractivity contribution is 5.94. The minimum atomic E-state index is -1.15. The molecule has 182 valence electrons. The first kappa shape index (κ1) is 24.6. The molecule has 2 aromatic carbocycles. The number of rotatable bonds is 4. The molecule has 0 saturated carbocycles. The fourth-order valence-electron chi connectivity index (χ4n) is 4.08. The summed E-state index contributed by atoms with van der Waals surface area (Å²) >= 11 is 0. The van der Waals surface area contributed by atoms with Crippen LogP contribution in [0.5, 0.6) is 0 Å². The third kappa shape index (κ3) is 4.96. The fraction of sp³-hybridized carbons (Fsp3) is 0.269. The van der Waals surface area contributed by atoms with E-state index >= 15 is 0 Å². The SMILES string of the molecule is CC.NC(c1ccc(F)c(-c2ncnc3cc(N4CCOCC4)ccc23)c1)c1c(F)cncc1F. The topological polar surface area (TPSA) is 77.2 Å². The summed E-state index contributed by atoms with van der Waals surface area (Å²) in [5, 5.41) is 0.653. The Kier molecular flexibility index (Phi) is 7.57. The Balaban J connectivity index is 0.00000141. The number of anilines is 1. The van der Waals surface area contributed by atoms with Crippen molar-refractivity contribution in [2.45, 2.75) is 19.9 Å². The van der Waals surface area contributed by atoms with E-state index in [1.165, 1.54) is 24.5 Å². The van der Waals surface area contributed by atoms with Crippen LogP contribution in [0.3, 0.4) is 0 Å². The molecule has 9 heteroatoms. The molecule has 0 radical (unpaired) electrons. The number of nitrogens with two attached hydrogens (primary N) is 1. The van der Waals surface area contributed by atoms with Crippen LogP contribution in [0.2, 0.25) is 0 Å². The lowest BCUT2D eigenvalue weighted by molar-refractivity contribution is 0.122. The first-order valence-corrected chi connectivity index (χ1v) is 11.4. The van der Waals surface area contributed by atoms with Crippen LogP contribution >= 0.6 is 0 Å². The van der Waals surface area contributed by atoms with Gasteiger partial charge in [-0.15, -0.1) is 0 Å². The van der Waals surface area contributed by atoms with E-state index in [0.717, 1.165) is 31.2 Å². The van der Waals surface area contributed by atoms with Gasteiger partial charge in [-0.3, -0.25) is 4.98 Å². The molecule has 1 atom stereocenters. The van der Waals surface area contributed by atoms with E-state index in [1.54, 1.807) is 0 Å². The number of morpholine rings is 1. The monoisotopic (exact) mass is 481 g/mol. The number of halogens is 3. The van der Waals surface area contributed by atoms with Gasteiger partial charge in [0, 0.05) is 35.3 Å². The van der Waals surface area contributed by atoms with Gasteiger partial charge in [0.2, 0.25) is 0 Å². The normalized spacial score (nSPS) is 14.4. The lowest BCUT2D eigenvalue weighted by Gasteiger charge is -2.29. The molecule has 0 aliphatic carbocycles. The van der Waals surface area contributed by atoms with Crippen molar-refractivity contribution < 1.29 is 17.9 Å². The first-order chi connectivity index (χ1) is 17.0. The van der Waals surface area contributed by atoms with E-state index in [0.29, 0.717) is 35.4 Å². The Morgan fingerprint density at radius 3 is 2.34 bits per heavy atom. The third-order valence-electron chi connectivity index (χ3n) is 5.80. The molecule has 0 spiro atoms. The van der Waals surface area contributed by atoms with E-state index in [2.05, 4.69) is 19.9 Å². The predicted octanol–water partition coefficient (Wildman–Crippen LogP) is 5.02. The molecule has 1 unspecified atom stereocenters. The van der Waals surface area contributed by atoms with E-state index in [-0.39, 0.29) is 11.1 Å². The molecular weight excluding hydrogens is 455 g/mol. The zero-order valence-electron chi connectivity index (χ0n) is 19.5. The quantitative estimate of drug-likeness (QED) is 0.441. The largest absolute Gasteiger partial charge is 0.378 e. The van der Waals surface area contributed by atoms with Crippen LogP contribution in [0.25, 0.3) is 22.2 Å². The van der Waals surface area contributed by atoms with Gasteiger partial charge in [0.15, 0.2) is 0 Å². The Morgan fingerprint density at radius 1 is 0.914 bits per heavy atom. The molecule has 1 fully saturated rings. The third-order valence-corrected chi connectivity index (χ3v) is 5.80. The molecule has 6 nitrogen and oxygen atoms in total. The van der Waals surface area contributed by atoms with Gasteiger partial charge in [-0.1, -0.05) is 19.9 Å². The second-order valence-corrected chi connectivity index (χ2v) is 7.76. The Morgan fingerprint density at radius 2 is 1.63 bits per heavy atom. The molecule has 0 amide bonds. The van der Waals surface area contributed by atoms with Gasteiger partial charge in [0.1, 0.15) is 23.8 Å². The number of hydrogen-bond donors (Lipinski definition) is 1. The summed E-state index contributed by atoms with van der Waals surface area (Å²) in [5.41, 5.74) is 8.36. The molecule has 1 saturated heterocycles. The molecule has 3 heterocycles. The van der Waals surface area contributed by atoms with Crippen molar-refractivity contribution >= 4 is 16.6 Å². The van der Waals surface area contributed by atoms with E-state index in [4.69, 9.17) is 10.5 Å². The second kappa shape index (κ2) is 10.8. The smallest absolute Gasteiger partial charge is 0.149 e. The average molecular weight is 482 g/mol. The van der Waals surface area contributed by atoms with Crippen molar-refractivity contribution in [1.82, 2.24) is 15.0 Å². The Bertz CT molecular complexity index is 1310. The summed E-state index contributed by atoms with van der Waals surface area (Å²) in [5.74, 6) is -2.26. The van der Waals surface area contributed by atoms with Crippen molar-refractivity contribution in [2.75, 3.05) is 31.2 Å². The highest BCUT2D eigenvalue weighted by Crippen LogP contribution is 2.33. The summed E-state index contributed by atoms with van der Waals surface area (Å²) in [6, 6.07) is 8.67. The second-order valence-electron chi connectivity index (χ2n) is 7.76. The molecule has 4 aromatic rings. The number of ether oxygens (including phenoxy) is 1. The highest BCUT2D eigenvalue weighted by Gasteiger charge is 2.21. The summed E-state index contributed by atoms with van der Waals surface area (Å²) < 4.78 is 48.7. The molecule has 2 aromatic heterocycles. The number of aromatic nitrogens is 3. The summed E-state index contributed by atoms with van der Waals surface area (Å²) in [4.78, 5) is 14.3. The number of nitrogens with zero attached hydrogens (tertiary/aromatic N) is 4. The molecule has 5 rings (SSSR count). The molecular formula is C26H26F3N5O. The van der Waals surface area contributed by atoms with Crippen molar-refractivity contribution in [2.24, 2.45) is 5.73 Å². The van der Waals surface area contributed by atoms with Gasteiger partial charge in [0.25, 0.3) is 0 Å². The Labute approximate surface area is 201 Å². The van der Waals surface area contributed by atoms with Crippen molar-refractivity contribution in [3.05, 3.63) is 83.7 Å². The van der Waals surface area contributed by atoms with Crippen molar-refractivity contribution in [3.63, 3.8) is 0 Å². The van der Waals surface area contributed by atoms with E-state index in [1.807, 2.05) is 32.0 Å².